The maximum absolute atomic E-state index is 2.56. The van der Waals surface area contributed by atoms with Crippen molar-refractivity contribution in [1.82, 2.24) is 17.9 Å². The van der Waals surface area contributed by atoms with Crippen molar-refractivity contribution in [1.29, 1.82) is 0 Å². The van der Waals surface area contributed by atoms with Gasteiger partial charge in [0.15, 0.2) is 0 Å². The van der Waals surface area contributed by atoms with Crippen LogP contribution in [0.15, 0.2) is 267 Å². The lowest BCUT2D eigenvalue weighted by molar-refractivity contribution is 1.18. The number of hydrogen-bond acceptors (Lipinski definition) is 0. The Morgan fingerprint density at radius 1 is 0.171 bits per heavy atom. The predicted molar refractivity (Wildman–Crippen MR) is 320 cm³/mol. The summed E-state index contributed by atoms with van der Waals surface area (Å²) in [6.45, 7) is 0. The van der Waals surface area contributed by atoms with Crippen LogP contribution in [0.1, 0.15) is 0 Å². The molecule has 0 radical (unpaired) electrons. The van der Waals surface area contributed by atoms with Crippen molar-refractivity contribution in [2.24, 2.45) is 0 Å². The zero-order valence-corrected chi connectivity index (χ0v) is 41.2. The van der Waals surface area contributed by atoms with E-state index in [-0.39, 0.29) is 0 Å². The Morgan fingerprint density at radius 2 is 0.461 bits per heavy atom. The first-order valence-corrected chi connectivity index (χ1v) is 26.2. The molecule has 0 unspecified atom stereocenters. The summed E-state index contributed by atoms with van der Waals surface area (Å²) >= 11 is 0. The fourth-order valence-electron chi connectivity index (χ4n) is 13.1. The molecule has 0 spiro atoms. The molecule has 352 valence electrons. The molecule has 0 amide bonds. The van der Waals surface area contributed by atoms with Gasteiger partial charge >= 0.3 is 0 Å². The maximum Gasteiger partial charge on any atom is 0.0783 e. The van der Waals surface area contributed by atoms with E-state index >= 15 is 0 Å². The van der Waals surface area contributed by atoms with Gasteiger partial charge in [0.2, 0.25) is 0 Å². The number of para-hydroxylation sites is 4. The van der Waals surface area contributed by atoms with Crippen LogP contribution in [0, 0.1) is 0 Å². The molecule has 0 atom stereocenters. The molecule has 0 saturated carbocycles. The SMILES string of the molecule is c1ccc(-c2cc(-c3ccccc3)cc(-n3c4ccccc4c4cc5c(cc43)c3cccc4c3n5c3cccc5c6cc7c(cc6n4c53)c3ccccc3n7-c3cc(-c4ccccc4)cc(-c4ccccc4)c3)c2)cc1. The van der Waals surface area contributed by atoms with Gasteiger partial charge in [-0.15, -0.1) is 0 Å². The first-order valence-electron chi connectivity index (χ1n) is 26.2. The fourth-order valence-corrected chi connectivity index (χ4v) is 13.1. The molecule has 17 aromatic rings. The minimum Gasteiger partial charge on any atom is -0.309 e. The molecule has 0 aliphatic heterocycles. The highest BCUT2D eigenvalue weighted by Gasteiger charge is 2.25. The third-order valence-electron chi connectivity index (χ3n) is 16.4. The van der Waals surface area contributed by atoms with Crippen LogP contribution < -0.4 is 0 Å². The third-order valence-corrected chi connectivity index (χ3v) is 16.4. The monoisotopic (exact) mass is 964 g/mol. The summed E-state index contributed by atoms with van der Waals surface area (Å²) < 4.78 is 10.1. The molecule has 5 heterocycles. The summed E-state index contributed by atoms with van der Waals surface area (Å²) in [5, 5.41) is 9.88. The number of fused-ring (bicyclic) bond motifs is 14. The molecule has 0 N–H and O–H groups in total. The molecule has 12 aromatic carbocycles. The molecule has 0 saturated heterocycles. The highest BCUT2D eigenvalue weighted by Crippen LogP contribution is 2.46. The highest BCUT2D eigenvalue weighted by atomic mass is 15.0. The molecule has 0 fully saturated rings. The molecule has 76 heavy (non-hydrogen) atoms. The van der Waals surface area contributed by atoms with E-state index in [1.54, 1.807) is 0 Å². The summed E-state index contributed by atoms with van der Waals surface area (Å²) in [4.78, 5) is 0. The van der Waals surface area contributed by atoms with Gasteiger partial charge in [-0.2, -0.15) is 0 Å². The predicted octanol–water partition coefficient (Wildman–Crippen LogP) is 19.1. The Morgan fingerprint density at radius 3 is 0.829 bits per heavy atom. The summed E-state index contributed by atoms with van der Waals surface area (Å²) in [6.07, 6.45) is 0. The van der Waals surface area contributed by atoms with E-state index in [0.717, 1.165) is 11.4 Å². The van der Waals surface area contributed by atoms with Crippen molar-refractivity contribution >= 4 is 98.3 Å². The van der Waals surface area contributed by atoms with Crippen molar-refractivity contribution in [2.75, 3.05) is 0 Å². The first kappa shape index (κ1) is 41.3. The fraction of sp³-hybridized carbons (Fsp3) is 0. The smallest absolute Gasteiger partial charge is 0.0783 e. The van der Waals surface area contributed by atoms with E-state index in [0.29, 0.717) is 0 Å². The Balaban J connectivity index is 0.940. The molecule has 17 rings (SSSR count). The normalized spacial score (nSPS) is 12.2. The van der Waals surface area contributed by atoms with Crippen LogP contribution in [-0.4, -0.2) is 17.9 Å². The van der Waals surface area contributed by atoms with Crippen LogP contribution in [0.25, 0.3) is 154 Å². The van der Waals surface area contributed by atoms with Crippen molar-refractivity contribution in [3.63, 3.8) is 0 Å². The van der Waals surface area contributed by atoms with Crippen LogP contribution in [0.4, 0.5) is 0 Å². The lowest BCUT2D eigenvalue weighted by atomic mass is 9.98. The topological polar surface area (TPSA) is 18.7 Å². The summed E-state index contributed by atoms with van der Waals surface area (Å²) in [5.74, 6) is 0. The second kappa shape index (κ2) is 15.7. The van der Waals surface area contributed by atoms with E-state index in [4.69, 9.17) is 0 Å². The zero-order valence-electron chi connectivity index (χ0n) is 41.2. The van der Waals surface area contributed by atoms with E-state index in [1.165, 1.54) is 143 Å². The van der Waals surface area contributed by atoms with Gasteiger partial charge in [0.25, 0.3) is 0 Å². The first-order chi connectivity index (χ1) is 37.7. The van der Waals surface area contributed by atoms with Crippen molar-refractivity contribution in [3.05, 3.63) is 267 Å². The van der Waals surface area contributed by atoms with E-state index in [9.17, 15) is 0 Å². The molecular formula is C72H44N4. The average Bonchev–Trinajstić information content (AvgIpc) is 4.28. The van der Waals surface area contributed by atoms with Gasteiger partial charge in [0.1, 0.15) is 0 Å². The zero-order chi connectivity index (χ0) is 49.6. The summed E-state index contributed by atoms with van der Waals surface area (Å²) in [7, 11) is 0. The minimum atomic E-state index is 1.14. The van der Waals surface area contributed by atoms with Gasteiger partial charge in [0, 0.05) is 54.5 Å². The van der Waals surface area contributed by atoms with Gasteiger partial charge in [0.05, 0.1) is 55.2 Å². The van der Waals surface area contributed by atoms with Crippen LogP contribution >= 0.6 is 0 Å². The van der Waals surface area contributed by atoms with Crippen LogP contribution in [0.5, 0.6) is 0 Å². The average molecular weight is 965 g/mol. The molecule has 0 bridgehead atoms. The lowest BCUT2D eigenvalue weighted by Gasteiger charge is -2.14. The van der Waals surface area contributed by atoms with Crippen molar-refractivity contribution in [2.45, 2.75) is 0 Å². The quantitative estimate of drug-likeness (QED) is 0.148. The van der Waals surface area contributed by atoms with Crippen molar-refractivity contribution in [3.8, 4) is 55.9 Å². The van der Waals surface area contributed by atoms with Gasteiger partial charge in [-0.1, -0.05) is 182 Å². The second-order valence-corrected chi connectivity index (χ2v) is 20.5. The van der Waals surface area contributed by atoms with Crippen LogP contribution in [0.2, 0.25) is 0 Å². The Hall–Kier alpha value is -10.2. The highest BCUT2D eigenvalue weighted by molar-refractivity contribution is 6.26. The van der Waals surface area contributed by atoms with Gasteiger partial charge in [-0.25, -0.2) is 0 Å². The Bertz CT molecular complexity index is 4750. The van der Waals surface area contributed by atoms with E-state index < -0.39 is 0 Å². The lowest BCUT2D eigenvalue weighted by Crippen LogP contribution is -1.97. The largest absolute Gasteiger partial charge is 0.309 e. The molecular weight excluding hydrogens is 921 g/mol. The third kappa shape index (κ3) is 5.84. The van der Waals surface area contributed by atoms with Crippen molar-refractivity contribution < 1.29 is 0 Å². The number of benzene rings is 12. The second-order valence-electron chi connectivity index (χ2n) is 20.5. The molecule has 0 aliphatic rings. The van der Waals surface area contributed by atoms with Gasteiger partial charge in [-0.05, 0) is 129 Å². The molecule has 5 aromatic heterocycles. The standard InChI is InChI=1S/C72H44N4/c1-5-19-45(20-6-1)49-35-50(46-21-7-2-8-22-46)38-53(37-49)73-63-31-15-13-27-55(63)59-41-69-61(43-67(59)73)57-29-17-33-65-71(57)75(69)66-34-18-30-58-62-44-68-60(42-70(62)76(65)72(58)66)56-28-14-16-32-64(56)74(68)54-39-51(47-23-9-3-10-24-47)36-52(40-54)48-25-11-4-12-26-48/h1-44H. The number of aromatic nitrogens is 4. The molecule has 0 aliphatic carbocycles. The van der Waals surface area contributed by atoms with Crippen LogP contribution in [0.3, 0.4) is 0 Å². The van der Waals surface area contributed by atoms with E-state index in [1.807, 2.05) is 0 Å². The maximum atomic E-state index is 2.56. The minimum absolute atomic E-state index is 1.14. The van der Waals surface area contributed by atoms with Crippen LogP contribution in [-0.2, 0) is 0 Å². The van der Waals surface area contributed by atoms with Gasteiger partial charge < -0.3 is 17.9 Å². The molecule has 4 nitrogen and oxygen atoms in total. The summed E-state index contributed by atoms with van der Waals surface area (Å²) in [5.41, 5.74) is 23.8. The Kier molecular flexibility index (Phi) is 8.52. The Labute approximate surface area is 436 Å². The van der Waals surface area contributed by atoms with E-state index in [2.05, 4.69) is 285 Å². The molecule has 4 heteroatoms. The van der Waals surface area contributed by atoms with Gasteiger partial charge in [-0.3, -0.25) is 0 Å². The number of rotatable bonds is 6. The number of nitrogens with zero attached hydrogens (tertiary/aromatic N) is 4. The summed E-state index contributed by atoms with van der Waals surface area (Å²) in [6, 6.07) is 98.8. The number of hydrogen-bond donors (Lipinski definition) is 0.